The second kappa shape index (κ2) is 12.5. The molecule has 1 aromatic heterocycles. The zero-order chi connectivity index (χ0) is 37.8. The molecule has 0 unspecified atom stereocenters. The van der Waals surface area contributed by atoms with Crippen LogP contribution in [0.5, 0.6) is 11.5 Å². The number of carbonyl (C=O) groups excluding carboxylic acids is 4. The molecular formula is C34H24Cl3F4IN4O6. The summed E-state index contributed by atoms with van der Waals surface area (Å²) in [7, 11) is 2.49. The molecule has 1 N–H and O–H groups in total. The molecule has 18 heteroatoms. The van der Waals surface area contributed by atoms with Crippen LogP contribution in [0.25, 0.3) is 0 Å². The number of hydrogen-bond donors (Lipinski definition) is 1. The lowest BCUT2D eigenvalue weighted by Crippen LogP contribution is -2.60. The molecule has 1 saturated carbocycles. The maximum Gasteiger partial charge on any atom is 0.433 e. The molecule has 0 bridgehead atoms. The Kier molecular flexibility index (Phi) is 8.78. The van der Waals surface area contributed by atoms with Gasteiger partial charge in [-0.3, -0.25) is 24.2 Å². The maximum atomic E-state index is 14.5. The topological polar surface area (TPSA) is 120 Å². The summed E-state index contributed by atoms with van der Waals surface area (Å²) in [5, 5.41) is 11.9. The van der Waals surface area contributed by atoms with Crippen LogP contribution >= 0.6 is 57.4 Å². The number of benzene rings is 2. The van der Waals surface area contributed by atoms with Crippen LogP contribution in [-0.2, 0) is 25.4 Å². The van der Waals surface area contributed by atoms with Gasteiger partial charge in [-0.15, -0.1) is 23.2 Å². The van der Waals surface area contributed by atoms with E-state index in [0.29, 0.717) is 25.8 Å². The number of pyridine rings is 1. The minimum Gasteiger partial charge on any atom is -0.504 e. The number of ether oxygens (including phenoxy) is 1. The van der Waals surface area contributed by atoms with E-state index in [4.69, 9.17) is 39.5 Å². The van der Waals surface area contributed by atoms with Crippen molar-refractivity contribution in [2.24, 2.45) is 17.8 Å². The van der Waals surface area contributed by atoms with Crippen molar-refractivity contribution >= 4 is 92.5 Å². The Bertz CT molecular complexity index is 2120. The number of aromatic nitrogens is 1. The van der Waals surface area contributed by atoms with E-state index in [-0.39, 0.29) is 28.6 Å². The Labute approximate surface area is 321 Å². The molecule has 4 aliphatic rings. The first-order valence-corrected chi connectivity index (χ1v) is 17.7. The minimum absolute atomic E-state index is 0.0105. The highest BCUT2D eigenvalue weighted by molar-refractivity contribution is 14.1. The largest absolute Gasteiger partial charge is 0.504 e. The van der Waals surface area contributed by atoms with Crippen LogP contribution in [0.3, 0.4) is 0 Å². The van der Waals surface area contributed by atoms with Crippen molar-refractivity contribution in [3.63, 3.8) is 0 Å². The van der Waals surface area contributed by atoms with Gasteiger partial charge in [0.05, 0.1) is 33.2 Å². The van der Waals surface area contributed by atoms with Crippen LogP contribution in [0.1, 0.15) is 30.0 Å². The van der Waals surface area contributed by atoms with E-state index in [9.17, 15) is 41.8 Å². The van der Waals surface area contributed by atoms with Crippen LogP contribution in [0, 0.1) is 27.1 Å². The SMILES string of the molecule is COc1cc([C@H]2C3=CC[C@@H]4C(=O)N(N(C)c5nc(C(F)(F)F)ccc5Cl)C(=O)[C@@H]4[C@@H]3C[C@@]3(Cl)C(=O)N(c4ccc(F)cc4)C(=O)[C@@]23Cl)cc(I)c1O. The van der Waals surface area contributed by atoms with Gasteiger partial charge in [0.15, 0.2) is 27.1 Å². The summed E-state index contributed by atoms with van der Waals surface area (Å²) in [5.41, 5.74) is -0.617. The van der Waals surface area contributed by atoms with Crippen molar-refractivity contribution < 1.29 is 46.6 Å². The van der Waals surface area contributed by atoms with Gasteiger partial charge in [-0.2, -0.15) is 18.2 Å². The lowest BCUT2D eigenvalue weighted by molar-refractivity contribution is -0.141. The third-order valence-electron chi connectivity index (χ3n) is 10.2. The monoisotopic (exact) mass is 892 g/mol. The Morgan fingerprint density at radius 2 is 1.69 bits per heavy atom. The number of carbonyl (C=O) groups is 4. The average Bonchev–Trinajstić information content (AvgIpc) is 3.43. The van der Waals surface area contributed by atoms with Gasteiger partial charge in [0.25, 0.3) is 23.6 Å². The quantitative estimate of drug-likeness (QED) is 0.0975. The van der Waals surface area contributed by atoms with Crippen LogP contribution in [0.15, 0.2) is 60.2 Å². The van der Waals surface area contributed by atoms with Gasteiger partial charge in [0.2, 0.25) is 0 Å². The fourth-order valence-electron chi connectivity index (χ4n) is 7.88. The van der Waals surface area contributed by atoms with Crippen LogP contribution < -0.4 is 14.6 Å². The highest BCUT2D eigenvalue weighted by atomic mass is 127. The van der Waals surface area contributed by atoms with Gasteiger partial charge in [-0.05, 0) is 95.4 Å². The Morgan fingerprint density at radius 1 is 1.02 bits per heavy atom. The molecule has 272 valence electrons. The molecule has 0 spiro atoms. The number of phenolic OH excluding ortho intramolecular Hbond substituents is 1. The van der Waals surface area contributed by atoms with Crippen molar-refractivity contribution in [2.75, 3.05) is 24.1 Å². The molecule has 7 rings (SSSR count). The van der Waals surface area contributed by atoms with Crippen LogP contribution in [0.2, 0.25) is 5.02 Å². The summed E-state index contributed by atoms with van der Waals surface area (Å²) in [6, 6.07) is 9.11. The van der Waals surface area contributed by atoms with Crippen molar-refractivity contribution in [2.45, 2.75) is 34.7 Å². The summed E-state index contributed by atoms with van der Waals surface area (Å²) < 4.78 is 60.3. The number of nitrogens with zero attached hydrogens (tertiary/aromatic N) is 4. The molecule has 6 atom stereocenters. The van der Waals surface area contributed by atoms with E-state index in [2.05, 4.69) is 4.98 Å². The zero-order valence-corrected chi connectivity index (χ0v) is 31.1. The Hall–Kier alpha value is -3.67. The number of aromatic hydroxyl groups is 1. The summed E-state index contributed by atoms with van der Waals surface area (Å²) in [6.07, 6.45) is -3.65. The molecule has 2 aromatic carbocycles. The highest BCUT2D eigenvalue weighted by Crippen LogP contribution is 2.66. The van der Waals surface area contributed by atoms with E-state index in [1.54, 1.807) is 6.08 Å². The number of allylic oxidation sites excluding steroid dienone is 2. The van der Waals surface area contributed by atoms with Crippen molar-refractivity contribution in [3.8, 4) is 11.5 Å². The number of hydrazine groups is 1. The van der Waals surface area contributed by atoms with E-state index < -0.39 is 87.0 Å². The maximum absolute atomic E-state index is 14.5. The van der Waals surface area contributed by atoms with E-state index in [0.717, 1.165) is 28.1 Å². The van der Waals surface area contributed by atoms with Gasteiger partial charge < -0.3 is 9.84 Å². The molecule has 3 aromatic rings. The molecule has 10 nitrogen and oxygen atoms in total. The lowest BCUT2D eigenvalue weighted by Gasteiger charge is -2.50. The first-order chi connectivity index (χ1) is 24.4. The molecule has 2 saturated heterocycles. The normalized spacial score (nSPS) is 28.5. The standard InChI is InChI=1S/C34H24Cl3F4IN4O6/c1-44(27-20(35)9-10-23(43-27)34(39,40)41)46-28(48)18-8-7-17-19(24(18)29(46)49)13-32(36)30(50)45(16-5-3-15(38)4-6-16)31(51)33(32,37)25(17)14-11-21(42)26(47)22(12-14)52-2/h3-7,9-12,18-19,24-25,47H,8,13H2,1-2H3/t18-,19+,24-,25-,32+,33-/m0/s1. The summed E-state index contributed by atoms with van der Waals surface area (Å²) in [6.45, 7) is 0. The number of halogens is 8. The number of phenols is 1. The smallest absolute Gasteiger partial charge is 0.433 e. The molecule has 0 radical (unpaired) electrons. The number of hydrogen-bond acceptors (Lipinski definition) is 8. The predicted molar refractivity (Wildman–Crippen MR) is 188 cm³/mol. The summed E-state index contributed by atoms with van der Waals surface area (Å²) >= 11 is 22.8. The Balaban J connectivity index is 1.37. The van der Waals surface area contributed by atoms with Crippen molar-refractivity contribution in [3.05, 3.63) is 85.8 Å². The predicted octanol–water partition coefficient (Wildman–Crippen LogP) is 6.83. The minimum atomic E-state index is -4.85. The third kappa shape index (κ3) is 5.12. The van der Waals surface area contributed by atoms with E-state index >= 15 is 0 Å². The number of alkyl halides is 5. The fraction of sp³-hybridized carbons (Fsp3) is 0.324. The van der Waals surface area contributed by atoms with Crippen molar-refractivity contribution in [1.82, 2.24) is 9.99 Å². The van der Waals surface area contributed by atoms with E-state index in [1.807, 2.05) is 22.6 Å². The molecule has 3 fully saturated rings. The highest BCUT2D eigenvalue weighted by Gasteiger charge is 2.76. The average molecular weight is 894 g/mol. The lowest BCUT2D eigenvalue weighted by atomic mass is 9.56. The zero-order valence-electron chi connectivity index (χ0n) is 26.7. The van der Waals surface area contributed by atoms with Gasteiger partial charge in [0.1, 0.15) is 11.5 Å². The number of imide groups is 2. The number of rotatable bonds is 5. The van der Waals surface area contributed by atoms with Gasteiger partial charge >= 0.3 is 6.18 Å². The third-order valence-corrected chi connectivity index (χ3v) is 12.7. The Morgan fingerprint density at radius 3 is 2.33 bits per heavy atom. The number of methoxy groups -OCH3 is 1. The number of anilines is 2. The molecule has 52 heavy (non-hydrogen) atoms. The molecule has 2 aliphatic heterocycles. The summed E-state index contributed by atoms with van der Waals surface area (Å²) in [4.78, 5) is 57.2. The second-order valence-electron chi connectivity index (χ2n) is 12.8. The molecular weight excluding hydrogens is 870 g/mol. The second-order valence-corrected chi connectivity index (χ2v) is 15.6. The first-order valence-electron chi connectivity index (χ1n) is 15.5. The van der Waals surface area contributed by atoms with Crippen LogP contribution in [-0.4, -0.2) is 62.6 Å². The van der Waals surface area contributed by atoms with Gasteiger partial charge in [0, 0.05) is 13.0 Å². The van der Waals surface area contributed by atoms with Crippen LogP contribution in [0.4, 0.5) is 29.1 Å². The molecule has 2 aliphatic carbocycles. The molecule has 4 amide bonds. The fourth-order valence-corrected chi connectivity index (χ4v) is 9.67. The number of fused-ring (bicyclic) bond motifs is 4. The van der Waals surface area contributed by atoms with Crippen molar-refractivity contribution in [1.29, 1.82) is 0 Å². The summed E-state index contributed by atoms with van der Waals surface area (Å²) in [5.74, 6) is -9.29. The molecule has 3 heterocycles. The van der Waals surface area contributed by atoms with Gasteiger partial charge in [-0.25, -0.2) is 14.3 Å². The van der Waals surface area contributed by atoms with E-state index in [1.165, 1.54) is 38.4 Å². The first kappa shape index (κ1) is 36.7. The van der Waals surface area contributed by atoms with Gasteiger partial charge in [-0.1, -0.05) is 23.3 Å². The number of amides is 4.